The summed E-state index contributed by atoms with van der Waals surface area (Å²) in [5.74, 6) is 0.0256. The van der Waals surface area contributed by atoms with Crippen LogP contribution in [0.4, 0.5) is 5.69 Å². The minimum absolute atomic E-state index is 0.0256. The van der Waals surface area contributed by atoms with Crippen molar-refractivity contribution in [2.24, 2.45) is 0 Å². The molecule has 3 N–H and O–H groups in total. The summed E-state index contributed by atoms with van der Waals surface area (Å²) < 4.78 is 5.45. The number of nitrogen functional groups attached to an aromatic ring is 1. The van der Waals surface area contributed by atoms with Crippen LogP contribution in [0.25, 0.3) is 0 Å². The number of carbonyl (C=O) groups excluding carboxylic acids is 1. The highest BCUT2D eigenvalue weighted by molar-refractivity contribution is 5.77. The summed E-state index contributed by atoms with van der Waals surface area (Å²) in [5, 5.41) is 2.96. The summed E-state index contributed by atoms with van der Waals surface area (Å²) in [7, 11) is 0. The number of para-hydroxylation sites is 1. The molecule has 1 heterocycles. The van der Waals surface area contributed by atoms with Gasteiger partial charge in [0.25, 0.3) is 0 Å². The van der Waals surface area contributed by atoms with Crippen molar-refractivity contribution < 1.29 is 9.53 Å². The number of benzene rings is 1. The van der Waals surface area contributed by atoms with Crippen molar-refractivity contribution in [3.05, 3.63) is 29.8 Å². The van der Waals surface area contributed by atoms with E-state index in [9.17, 15) is 4.79 Å². The largest absolute Gasteiger partial charge is 0.398 e. The smallest absolute Gasteiger partial charge is 0.223 e. The lowest BCUT2D eigenvalue weighted by Crippen LogP contribution is -2.30. The van der Waals surface area contributed by atoms with Gasteiger partial charge in [-0.15, -0.1) is 0 Å². The Labute approximate surface area is 108 Å². The fraction of sp³-hybridized carbons (Fsp3) is 0.500. The average molecular weight is 248 g/mol. The van der Waals surface area contributed by atoms with E-state index in [1.165, 1.54) is 0 Å². The molecule has 1 saturated heterocycles. The molecule has 2 unspecified atom stereocenters. The maximum atomic E-state index is 11.9. The second kappa shape index (κ2) is 5.87. The first-order chi connectivity index (χ1) is 8.66. The molecule has 18 heavy (non-hydrogen) atoms. The molecule has 2 atom stereocenters. The fourth-order valence-corrected chi connectivity index (χ4v) is 2.30. The molecular formula is C14H20N2O2. The molecule has 1 amide bonds. The lowest BCUT2D eigenvalue weighted by molar-refractivity contribution is -0.123. The van der Waals surface area contributed by atoms with Crippen LogP contribution in [0.3, 0.4) is 0 Å². The van der Waals surface area contributed by atoms with Gasteiger partial charge in [-0.1, -0.05) is 18.2 Å². The molecule has 0 aromatic heterocycles. The quantitative estimate of drug-likeness (QED) is 0.801. The van der Waals surface area contributed by atoms with Gasteiger partial charge < -0.3 is 15.8 Å². The van der Waals surface area contributed by atoms with Crippen LogP contribution in [0.2, 0.25) is 0 Å². The van der Waals surface area contributed by atoms with Crippen LogP contribution in [0, 0.1) is 0 Å². The number of carbonyl (C=O) groups is 1. The van der Waals surface area contributed by atoms with Crippen LogP contribution < -0.4 is 11.1 Å². The number of amides is 1. The molecule has 0 spiro atoms. The predicted octanol–water partition coefficient (Wildman–Crippen LogP) is 2.02. The third-order valence-corrected chi connectivity index (χ3v) is 3.28. The highest BCUT2D eigenvalue weighted by atomic mass is 16.5. The van der Waals surface area contributed by atoms with Crippen molar-refractivity contribution in [3.8, 4) is 0 Å². The summed E-state index contributed by atoms with van der Waals surface area (Å²) in [6.45, 7) is 2.72. The van der Waals surface area contributed by atoms with Crippen LogP contribution in [0.5, 0.6) is 0 Å². The van der Waals surface area contributed by atoms with Crippen molar-refractivity contribution in [1.82, 2.24) is 5.32 Å². The normalized spacial score (nSPS) is 20.6. The number of nitrogens with two attached hydrogens (primary N) is 1. The lowest BCUT2D eigenvalue weighted by atomic mass is 10.1. The first-order valence-electron chi connectivity index (χ1n) is 6.42. The molecule has 1 aromatic rings. The maximum Gasteiger partial charge on any atom is 0.223 e. The Balaban J connectivity index is 1.88. The summed E-state index contributed by atoms with van der Waals surface area (Å²) in [6, 6.07) is 7.53. The second-order valence-electron chi connectivity index (χ2n) is 4.76. The zero-order valence-corrected chi connectivity index (χ0v) is 10.7. The third-order valence-electron chi connectivity index (χ3n) is 3.28. The Bertz CT molecular complexity index is 414. The minimum atomic E-state index is -0.0693. The number of rotatable bonds is 4. The van der Waals surface area contributed by atoms with E-state index in [-0.39, 0.29) is 18.1 Å². The molecule has 0 saturated carbocycles. The van der Waals surface area contributed by atoms with E-state index < -0.39 is 0 Å². The zero-order chi connectivity index (χ0) is 13.0. The fourth-order valence-electron chi connectivity index (χ4n) is 2.30. The van der Waals surface area contributed by atoms with Gasteiger partial charge >= 0.3 is 0 Å². The van der Waals surface area contributed by atoms with E-state index in [1.807, 2.05) is 31.2 Å². The Hall–Kier alpha value is -1.55. The van der Waals surface area contributed by atoms with Crippen LogP contribution >= 0.6 is 0 Å². The van der Waals surface area contributed by atoms with E-state index in [4.69, 9.17) is 10.5 Å². The number of ether oxygens (including phenoxy) is 1. The summed E-state index contributed by atoms with van der Waals surface area (Å²) in [4.78, 5) is 11.9. The molecule has 1 aliphatic rings. The standard InChI is InChI=1S/C14H20N2O2/c1-10(12-6-2-3-7-13(12)15)16-14(17)9-11-5-4-8-18-11/h2-3,6-7,10-11H,4-5,8-9,15H2,1H3,(H,16,17). The van der Waals surface area contributed by atoms with Gasteiger partial charge in [-0.25, -0.2) is 0 Å². The third kappa shape index (κ3) is 3.23. The molecule has 4 heteroatoms. The van der Waals surface area contributed by atoms with Gasteiger partial charge in [0.05, 0.1) is 18.6 Å². The first kappa shape index (κ1) is 12.9. The Morgan fingerprint density at radius 1 is 1.56 bits per heavy atom. The monoisotopic (exact) mass is 248 g/mol. The average Bonchev–Trinajstić information content (AvgIpc) is 2.82. The second-order valence-corrected chi connectivity index (χ2v) is 4.76. The molecule has 0 aliphatic carbocycles. The number of hydrogen-bond acceptors (Lipinski definition) is 3. The van der Waals surface area contributed by atoms with Gasteiger partial charge in [-0.3, -0.25) is 4.79 Å². The molecule has 0 radical (unpaired) electrons. The predicted molar refractivity (Wildman–Crippen MR) is 71.0 cm³/mol. The molecule has 4 nitrogen and oxygen atoms in total. The van der Waals surface area contributed by atoms with Gasteiger partial charge in [-0.2, -0.15) is 0 Å². The Morgan fingerprint density at radius 2 is 2.33 bits per heavy atom. The molecule has 1 aromatic carbocycles. The van der Waals surface area contributed by atoms with Crippen LogP contribution in [-0.4, -0.2) is 18.6 Å². The van der Waals surface area contributed by atoms with Crippen LogP contribution in [0.1, 0.15) is 37.8 Å². The first-order valence-corrected chi connectivity index (χ1v) is 6.42. The molecule has 1 fully saturated rings. The van der Waals surface area contributed by atoms with E-state index in [2.05, 4.69) is 5.32 Å². The van der Waals surface area contributed by atoms with Crippen molar-refractivity contribution in [3.63, 3.8) is 0 Å². The van der Waals surface area contributed by atoms with Crippen molar-refractivity contribution in [2.75, 3.05) is 12.3 Å². The SMILES string of the molecule is CC(NC(=O)CC1CCCO1)c1ccccc1N. The van der Waals surface area contributed by atoms with Gasteiger partial charge in [-0.05, 0) is 31.4 Å². The van der Waals surface area contributed by atoms with Gasteiger partial charge in [0.2, 0.25) is 5.91 Å². The van der Waals surface area contributed by atoms with Gasteiger partial charge in [0.1, 0.15) is 0 Å². The number of nitrogens with one attached hydrogen (secondary N) is 1. The Morgan fingerprint density at radius 3 is 3.00 bits per heavy atom. The van der Waals surface area contributed by atoms with Crippen molar-refractivity contribution in [1.29, 1.82) is 0 Å². The maximum absolute atomic E-state index is 11.9. The number of anilines is 1. The van der Waals surface area contributed by atoms with Gasteiger partial charge in [0.15, 0.2) is 0 Å². The van der Waals surface area contributed by atoms with Crippen molar-refractivity contribution in [2.45, 2.75) is 38.3 Å². The molecular weight excluding hydrogens is 228 g/mol. The van der Waals surface area contributed by atoms with E-state index in [0.29, 0.717) is 12.1 Å². The highest BCUT2D eigenvalue weighted by Gasteiger charge is 2.20. The molecule has 2 rings (SSSR count). The van der Waals surface area contributed by atoms with E-state index in [0.717, 1.165) is 25.0 Å². The van der Waals surface area contributed by atoms with E-state index in [1.54, 1.807) is 0 Å². The topological polar surface area (TPSA) is 64.3 Å². The molecule has 0 bridgehead atoms. The zero-order valence-electron chi connectivity index (χ0n) is 10.7. The lowest BCUT2D eigenvalue weighted by Gasteiger charge is -2.17. The summed E-state index contributed by atoms with van der Waals surface area (Å²) >= 11 is 0. The van der Waals surface area contributed by atoms with Crippen LogP contribution in [0.15, 0.2) is 24.3 Å². The minimum Gasteiger partial charge on any atom is -0.398 e. The summed E-state index contributed by atoms with van der Waals surface area (Å²) in [6.07, 6.45) is 2.57. The molecule has 1 aliphatic heterocycles. The highest BCUT2D eigenvalue weighted by Crippen LogP contribution is 2.20. The van der Waals surface area contributed by atoms with Crippen molar-refractivity contribution >= 4 is 11.6 Å². The Kier molecular flexibility index (Phi) is 4.20. The van der Waals surface area contributed by atoms with Crippen LogP contribution in [-0.2, 0) is 9.53 Å². The summed E-state index contributed by atoms with van der Waals surface area (Å²) in [5.41, 5.74) is 7.55. The van der Waals surface area contributed by atoms with E-state index >= 15 is 0 Å². The molecule has 98 valence electrons. The number of hydrogen-bond donors (Lipinski definition) is 2. The van der Waals surface area contributed by atoms with Gasteiger partial charge in [0, 0.05) is 12.3 Å².